The quantitative estimate of drug-likeness (QED) is 0.353. The van der Waals surface area contributed by atoms with Crippen LogP contribution in [0.4, 0.5) is 10.2 Å². The van der Waals surface area contributed by atoms with Crippen LogP contribution in [0.5, 0.6) is 0 Å². The Balaban J connectivity index is 1.48. The van der Waals surface area contributed by atoms with Gasteiger partial charge in [0.15, 0.2) is 11.0 Å². The molecule has 232 valence electrons. The van der Waals surface area contributed by atoms with Crippen molar-refractivity contribution in [1.29, 1.82) is 0 Å². The van der Waals surface area contributed by atoms with Crippen molar-refractivity contribution in [3.63, 3.8) is 0 Å². The number of halogens is 3. The highest BCUT2D eigenvalue weighted by Crippen LogP contribution is 2.63. The highest BCUT2D eigenvalue weighted by Gasteiger charge is 2.73. The number of aliphatic hydroxyl groups excluding tert-OH is 1. The Bertz CT molecular complexity index is 1430. The van der Waals surface area contributed by atoms with E-state index in [1.807, 2.05) is 0 Å². The number of nitrogens with zero attached hydrogens (tertiary/aromatic N) is 2. The minimum absolute atomic E-state index is 0.0357. The van der Waals surface area contributed by atoms with Crippen LogP contribution in [-0.4, -0.2) is 63.8 Å². The van der Waals surface area contributed by atoms with Gasteiger partial charge in [-0.2, -0.15) is 0 Å². The van der Waals surface area contributed by atoms with Crippen molar-refractivity contribution in [1.82, 2.24) is 20.6 Å². The second kappa shape index (κ2) is 10.9. The first-order chi connectivity index (χ1) is 20.4. The Morgan fingerprint density at radius 2 is 1.84 bits per heavy atom. The maximum absolute atomic E-state index is 16.0. The van der Waals surface area contributed by atoms with Gasteiger partial charge in [-0.05, 0) is 74.5 Å². The number of methoxy groups -OCH3 is 1. The summed E-state index contributed by atoms with van der Waals surface area (Å²) >= 11 is 12.5. The van der Waals surface area contributed by atoms with Gasteiger partial charge in [-0.1, -0.05) is 43.1 Å². The fraction of sp³-hybridized carbons (Fsp3) is 0.613. The summed E-state index contributed by atoms with van der Waals surface area (Å²) in [7, 11) is 1.59. The Kier molecular flexibility index (Phi) is 7.77. The lowest BCUT2D eigenvalue weighted by molar-refractivity contribution is -0.125. The Morgan fingerprint density at radius 1 is 1.14 bits per heavy atom. The molecule has 3 atom stereocenters. The molecule has 2 aromatic heterocycles. The highest BCUT2D eigenvalue weighted by molar-refractivity contribution is 6.30. The average molecular weight is 635 g/mol. The van der Waals surface area contributed by atoms with Gasteiger partial charge in [0, 0.05) is 36.4 Å². The van der Waals surface area contributed by atoms with Gasteiger partial charge in [-0.15, -0.1) is 0 Å². The maximum atomic E-state index is 16.0. The first kappa shape index (κ1) is 30.6. The van der Waals surface area contributed by atoms with E-state index in [0.29, 0.717) is 49.9 Å². The van der Waals surface area contributed by atoms with E-state index in [1.165, 1.54) is 12.3 Å². The van der Waals surface area contributed by atoms with E-state index in [2.05, 4.69) is 39.8 Å². The molecule has 6 rings (SSSR count). The molecular formula is C31H38Cl2FN5O4. The van der Waals surface area contributed by atoms with E-state index in [-0.39, 0.29) is 45.7 Å². The standard InChI is InChI=1S/C31H38Cl2FN5O4/c1-28(2)11-13-30(14-12-28)31(19-4-5-20(32)37-25(19)38-27(31)42)21(18-8-15-35-24(33)22(18)34)23(39-30)26(41)36-17-6-9-29(16-40,43-3)10-7-17/h4-5,8,15,17,21,23,39-40H,6-7,9-14,16H2,1-3H3,(H,36,41)(H,37,38,42)/t17-,21-,23?,29+,31+/m0/s1. The fourth-order valence-corrected chi connectivity index (χ4v) is 8.52. The summed E-state index contributed by atoms with van der Waals surface area (Å²) in [6, 6.07) is 3.80. The zero-order chi connectivity index (χ0) is 30.8. The number of carbonyl (C=O) groups excluding carboxylic acids is 2. The van der Waals surface area contributed by atoms with Gasteiger partial charge in [0.05, 0.1) is 18.2 Å². The molecule has 43 heavy (non-hydrogen) atoms. The van der Waals surface area contributed by atoms with Crippen LogP contribution in [0, 0.1) is 11.2 Å². The summed E-state index contributed by atoms with van der Waals surface area (Å²) in [6.45, 7) is 4.31. The van der Waals surface area contributed by atoms with Gasteiger partial charge in [0.1, 0.15) is 16.4 Å². The third-order valence-corrected chi connectivity index (χ3v) is 11.3. The molecule has 1 saturated heterocycles. The third kappa shape index (κ3) is 4.76. The van der Waals surface area contributed by atoms with Gasteiger partial charge in [-0.25, -0.2) is 14.4 Å². The molecular weight excluding hydrogens is 596 g/mol. The lowest BCUT2D eigenvalue weighted by Crippen LogP contribution is -2.61. The van der Waals surface area contributed by atoms with Crippen LogP contribution in [0.15, 0.2) is 24.4 Å². The van der Waals surface area contributed by atoms with E-state index in [1.54, 1.807) is 19.2 Å². The van der Waals surface area contributed by atoms with E-state index < -0.39 is 34.3 Å². The number of hydrogen-bond acceptors (Lipinski definition) is 7. The fourth-order valence-electron chi connectivity index (χ4n) is 8.20. The first-order valence-electron chi connectivity index (χ1n) is 14.9. The zero-order valence-electron chi connectivity index (χ0n) is 24.6. The molecule has 2 aromatic rings. The Hall–Kier alpha value is -2.37. The number of fused-ring (bicyclic) bond motifs is 3. The molecule has 2 aliphatic carbocycles. The molecule has 4 aliphatic rings. The van der Waals surface area contributed by atoms with Crippen molar-refractivity contribution >= 4 is 40.8 Å². The SMILES string of the molecule is CO[C@]1(CO)CC[C@H](NC(=O)C2NC3(CCC(C)(C)CC3)[C@@]3(C(=O)Nc4nc(Cl)ccc43)[C@H]2c2ccnc(Cl)c2F)CC1. The van der Waals surface area contributed by atoms with Crippen LogP contribution in [0.1, 0.15) is 82.3 Å². The lowest BCUT2D eigenvalue weighted by Gasteiger charge is -2.50. The Morgan fingerprint density at radius 3 is 2.49 bits per heavy atom. The number of amides is 2. The number of aromatic nitrogens is 2. The molecule has 3 fully saturated rings. The van der Waals surface area contributed by atoms with E-state index in [9.17, 15) is 14.7 Å². The lowest BCUT2D eigenvalue weighted by atomic mass is 9.53. The van der Waals surface area contributed by atoms with Crippen LogP contribution in [0.25, 0.3) is 0 Å². The predicted molar refractivity (Wildman–Crippen MR) is 161 cm³/mol. The van der Waals surface area contributed by atoms with E-state index >= 15 is 4.39 Å². The molecule has 12 heteroatoms. The van der Waals surface area contributed by atoms with Gasteiger partial charge in [-0.3, -0.25) is 14.9 Å². The number of hydrogen-bond donors (Lipinski definition) is 4. The van der Waals surface area contributed by atoms with Crippen molar-refractivity contribution in [2.75, 3.05) is 19.0 Å². The number of anilines is 1. The zero-order valence-corrected chi connectivity index (χ0v) is 26.1. The van der Waals surface area contributed by atoms with Crippen molar-refractivity contribution in [3.05, 3.63) is 51.6 Å². The molecule has 2 spiro atoms. The molecule has 0 bridgehead atoms. The second-order valence-electron chi connectivity index (χ2n) is 13.5. The molecule has 2 aliphatic heterocycles. The Labute approximate surface area is 260 Å². The van der Waals surface area contributed by atoms with Gasteiger partial charge in [0.2, 0.25) is 11.8 Å². The number of ether oxygens (including phenoxy) is 1. The van der Waals surface area contributed by atoms with E-state index in [0.717, 1.165) is 12.8 Å². The van der Waals surface area contributed by atoms with Crippen LogP contribution in [0.2, 0.25) is 10.3 Å². The van der Waals surface area contributed by atoms with Crippen molar-refractivity contribution in [2.45, 2.75) is 99.8 Å². The summed E-state index contributed by atoms with van der Waals surface area (Å²) in [5.41, 5.74) is -2.10. The molecule has 2 saturated carbocycles. The van der Waals surface area contributed by atoms with Crippen molar-refractivity contribution in [3.8, 4) is 0 Å². The topological polar surface area (TPSA) is 125 Å². The monoisotopic (exact) mass is 633 g/mol. The van der Waals surface area contributed by atoms with Gasteiger partial charge < -0.3 is 20.5 Å². The summed E-state index contributed by atoms with van der Waals surface area (Å²) in [4.78, 5) is 37.2. The summed E-state index contributed by atoms with van der Waals surface area (Å²) in [5, 5.41) is 19.6. The molecule has 0 radical (unpaired) electrons. The normalized spacial score (nSPS) is 32.5. The van der Waals surface area contributed by atoms with Crippen LogP contribution < -0.4 is 16.0 Å². The minimum Gasteiger partial charge on any atom is -0.393 e. The summed E-state index contributed by atoms with van der Waals surface area (Å²) < 4.78 is 21.6. The summed E-state index contributed by atoms with van der Waals surface area (Å²) in [5.74, 6) is -2.06. The minimum atomic E-state index is -1.38. The maximum Gasteiger partial charge on any atom is 0.238 e. The second-order valence-corrected chi connectivity index (χ2v) is 14.2. The number of aliphatic hydroxyl groups is 1. The first-order valence-corrected chi connectivity index (χ1v) is 15.7. The van der Waals surface area contributed by atoms with Crippen molar-refractivity contribution in [2.24, 2.45) is 5.41 Å². The number of rotatable bonds is 5. The largest absolute Gasteiger partial charge is 0.393 e. The number of carbonyl (C=O) groups is 2. The number of pyridine rings is 2. The predicted octanol–water partition coefficient (Wildman–Crippen LogP) is 4.64. The number of nitrogens with one attached hydrogen (secondary N) is 3. The molecule has 1 unspecified atom stereocenters. The third-order valence-electron chi connectivity index (χ3n) is 10.8. The average Bonchev–Trinajstić information content (AvgIpc) is 3.44. The van der Waals surface area contributed by atoms with Crippen molar-refractivity contribution < 1.29 is 23.8 Å². The molecule has 4 N–H and O–H groups in total. The smallest absolute Gasteiger partial charge is 0.238 e. The van der Waals surface area contributed by atoms with E-state index in [4.69, 9.17) is 27.9 Å². The van der Waals surface area contributed by atoms with Crippen LogP contribution >= 0.6 is 23.2 Å². The molecule has 9 nitrogen and oxygen atoms in total. The summed E-state index contributed by atoms with van der Waals surface area (Å²) in [6.07, 6.45) is 6.60. The van der Waals surface area contributed by atoms with Gasteiger partial charge >= 0.3 is 0 Å². The van der Waals surface area contributed by atoms with Crippen LogP contribution in [-0.2, 0) is 19.7 Å². The molecule has 2 amide bonds. The van der Waals surface area contributed by atoms with Crippen LogP contribution in [0.3, 0.4) is 0 Å². The van der Waals surface area contributed by atoms with Gasteiger partial charge in [0.25, 0.3) is 0 Å². The highest BCUT2D eigenvalue weighted by atomic mass is 35.5. The molecule has 4 heterocycles. The molecule has 0 aromatic carbocycles.